The lowest BCUT2D eigenvalue weighted by Crippen LogP contribution is -2.13. The van der Waals surface area contributed by atoms with Crippen molar-refractivity contribution in [2.75, 3.05) is 5.32 Å². The number of halogens is 1. The fourth-order valence-electron chi connectivity index (χ4n) is 1.68. The molecule has 0 saturated heterocycles. The second-order valence-corrected chi connectivity index (χ2v) is 5.76. The Morgan fingerprint density at radius 2 is 1.74 bits per heavy atom. The quantitative estimate of drug-likeness (QED) is 0.879. The van der Waals surface area contributed by atoms with Crippen molar-refractivity contribution in [2.45, 2.75) is 26.2 Å². The maximum absolute atomic E-state index is 11.8. The maximum atomic E-state index is 11.8. The lowest BCUT2D eigenvalue weighted by atomic mass is 9.87. The van der Waals surface area contributed by atoms with Gasteiger partial charge in [0.2, 0.25) is 0 Å². The van der Waals surface area contributed by atoms with Gasteiger partial charge in [0, 0.05) is 5.69 Å². The van der Waals surface area contributed by atoms with Gasteiger partial charge >= 0.3 is 0 Å². The highest BCUT2D eigenvalue weighted by Crippen LogP contribution is 2.23. The van der Waals surface area contributed by atoms with E-state index >= 15 is 0 Å². The highest BCUT2D eigenvalue weighted by atomic mass is 35.5. The van der Waals surface area contributed by atoms with E-state index in [0.717, 1.165) is 5.69 Å². The van der Waals surface area contributed by atoms with Crippen LogP contribution in [-0.2, 0) is 5.41 Å². The minimum atomic E-state index is -0.310. The zero-order valence-corrected chi connectivity index (χ0v) is 11.9. The van der Waals surface area contributed by atoms with Crippen molar-refractivity contribution in [2.24, 2.45) is 0 Å². The second-order valence-electron chi connectivity index (χ2n) is 5.39. The Balaban J connectivity index is 2.10. The second kappa shape index (κ2) is 5.10. The van der Waals surface area contributed by atoms with Gasteiger partial charge in [-0.15, -0.1) is 0 Å². The Hall–Kier alpha value is -1.74. The van der Waals surface area contributed by atoms with E-state index in [2.05, 4.69) is 26.1 Å². The van der Waals surface area contributed by atoms with Crippen molar-refractivity contribution in [1.29, 1.82) is 0 Å². The Labute approximate surface area is 117 Å². The summed E-state index contributed by atoms with van der Waals surface area (Å²) >= 11 is 5.63. The Morgan fingerprint density at radius 1 is 1.11 bits per heavy atom. The molecule has 0 aliphatic carbocycles. The molecule has 1 aromatic heterocycles. The van der Waals surface area contributed by atoms with Gasteiger partial charge in [0.1, 0.15) is 0 Å². The van der Waals surface area contributed by atoms with E-state index in [-0.39, 0.29) is 22.3 Å². The predicted molar refractivity (Wildman–Crippen MR) is 76.8 cm³/mol. The van der Waals surface area contributed by atoms with Crippen LogP contribution in [0.15, 0.2) is 40.8 Å². The summed E-state index contributed by atoms with van der Waals surface area (Å²) < 4.78 is 5.05. The Kier molecular flexibility index (Phi) is 3.67. The molecule has 3 nitrogen and oxygen atoms in total. The van der Waals surface area contributed by atoms with Crippen LogP contribution in [0.1, 0.15) is 36.9 Å². The average molecular weight is 278 g/mol. The first-order valence-corrected chi connectivity index (χ1v) is 6.41. The van der Waals surface area contributed by atoms with Crippen LogP contribution in [-0.4, -0.2) is 5.91 Å². The van der Waals surface area contributed by atoms with Gasteiger partial charge in [-0.25, -0.2) is 0 Å². The molecule has 0 aliphatic rings. The van der Waals surface area contributed by atoms with Gasteiger partial charge in [-0.05, 0) is 46.8 Å². The molecule has 4 heteroatoms. The molecule has 0 aliphatic heterocycles. The number of hydrogen-bond acceptors (Lipinski definition) is 2. The fraction of sp³-hybridized carbons (Fsp3) is 0.267. The summed E-state index contributed by atoms with van der Waals surface area (Å²) in [5.74, 6) is -0.111. The molecule has 100 valence electrons. The SMILES string of the molecule is CC(C)(C)c1ccc(NC(=O)c2ccc(Cl)o2)cc1. The van der Waals surface area contributed by atoms with E-state index in [1.165, 1.54) is 5.56 Å². The van der Waals surface area contributed by atoms with Crippen LogP contribution in [0.2, 0.25) is 5.22 Å². The van der Waals surface area contributed by atoms with Gasteiger partial charge in [0.15, 0.2) is 11.0 Å². The molecule has 0 fully saturated rings. The third-order valence-electron chi connectivity index (χ3n) is 2.81. The van der Waals surface area contributed by atoms with Gasteiger partial charge in [0.25, 0.3) is 5.91 Å². The number of nitrogens with one attached hydrogen (secondary N) is 1. The molecule has 0 bridgehead atoms. The molecule has 1 N–H and O–H groups in total. The van der Waals surface area contributed by atoms with E-state index in [9.17, 15) is 4.79 Å². The van der Waals surface area contributed by atoms with Crippen LogP contribution in [0.4, 0.5) is 5.69 Å². The number of rotatable bonds is 2. The van der Waals surface area contributed by atoms with Crippen molar-refractivity contribution in [1.82, 2.24) is 0 Å². The highest BCUT2D eigenvalue weighted by molar-refractivity contribution is 6.29. The largest absolute Gasteiger partial charge is 0.440 e. The number of carbonyl (C=O) groups excluding carboxylic acids is 1. The van der Waals surface area contributed by atoms with Gasteiger partial charge in [-0.2, -0.15) is 0 Å². The molecule has 1 aromatic carbocycles. The topological polar surface area (TPSA) is 42.2 Å². The minimum absolute atomic E-state index is 0.0943. The number of hydrogen-bond donors (Lipinski definition) is 1. The summed E-state index contributed by atoms with van der Waals surface area (Å²) in [6.07, 6.45) is 0. The summed E-state index contributed by atoms with van der Waals surface area (Å²) in [6, 6.07) is 10.8. The van der Waals surface area contributed by atoms with Crippen molar-refractivity contribution in [3.63, 3.8) is 0 Å². The average Bonchev–Trinajstić information content (AvgIpc) is 2.75. The standard InChI is InChI=1S/C15H16ClNO2/c1-15(2,3)10-4-6-11(7-5-10)17-14(18)12-8-9-13(16)19-12/h4-9H,1-3H3,(H,17,18). The van der Waals surface area contributed by atoms with Gasteiger partial charge in [-0.3, -0.25) is 4.79 Å². The molecule has 1 heterocycles. The smallest absolute Gasteiger partial charge is 0.291 e. The van der Waals surface area contributed by atoms with Crippen molar-refractivity contribution < 1.29 is 9.21 Å². The van der Waals surface area contributed by atoms with E-state index < -0.39 is 0 Å². The van der Waals surface area contributed by atoms with Crippen LogP contribution in [0.3, 0.4) is 0 Å². The zero-order chi connectivity index (χ0) is 14.0. The maximum Gasteiger partial charge on any atom is 0.291 e. The molecule has 1 amide bonds. The lowest BCUT2D eigenvalue weighted by molar-refractivity contribution is 0.0997. The first-order valence-electron chi connectivity index (χ1n) is 6.03. The fourth-order valence-corrected chi connectivity index (χ4v) is 1.83. The van der Waals surface area contributed by atoms with Crippen LogP contribution < -0.4 is 5.32 Å². The van der Waals surface area contributed by atoms with Crippen LogP contribution in [0.5, 0.6) is 0 Å². The third kappa shape index (κ3) is 3.38. The molecule has 0 saturated carbocycles. The third-order valence-corrected chi connectivity index (χ3v) is 3.01. The van der Waals surface area contributed by atoms with E-state index in [1.54, 1.807) is 12.1 Å². The Bertz CT molecular complexity index is 579. The summed E-state index contributed by atoms with van der Waals surface area (Å²) in [6.45, 7) is 6.43. The normalized spacial score (nSPS) is 11.4. The number of anilines is 1. The number of carbonyl (C=O) groups is 1. The summed E-state index contributed by atoms with van der Waals surface area (Å²) in [5, 5.41) is 2.96. The molecule has 0 radical (unpaired) electrons. The molecular formula is C15H16ClNO2. The van der Waals surface area contributed by atoms with Crippen molar-refractivity contribution in [3.8, 4) is 0 Å². The monoisotopic (exact) mass is 277 g/mol. The Morgan fingerprint density at radius 3 is 2.21 bits per heavy atom. The van der Waals surface area contributed by atoms with Gasteiger partial charge in [0.05, 0.1) is 0 Å². The zero-order valence-electron chi connectivity index (χ0n) is 11.2. The van der Waals surface area contributed by atoms with E-state index in [0.29, 0.717) is 0 Å². The number of amides is 1. The first-order chi connectivity index (χ1) is 8.86. The molecule has 2 rings (SSSR count). The molecule has 0 spiro atoms. The van der Waals surface area contributed by atoms with Crippen molar-refractivity contribution >= 4 is 23.2 Å². The summed E-state index contributed by atoms with van der Waals surface area (Å²) in [7, 11) is 0. The summed E-state index contributed by atoms with van der Waals surface area (Å²) in [5.41, 5.74) is 2.04. The van der Waals surface area contributed by atoms with Gasteiger partial charge in [-0.1, -0.05) is 32.9 Å². The van der Waals surface area contributed by atoms with Crippen LogP contribution in [0, 0.1) is 0 Å². The highest BCUT2D eigenvalue weighted by Gasteiger charge is 2.14. The van der Waals surface area contributed by atoms with Gasteiger partial charge < -0.3 is 9.73 Å². The number of benzene rings is 1. The summed E-state index contributed by atoms with van der Waals surface area (Å²) in [4.78, 5) is 11.8. The number of furan rings is 1. The molecular weight excluding hydrogens is 262 g/mol. The molecule has 0 atom stereocenters. The van der Waals surface area contributed by atoms with E-state index in [1.807, 2.05) is 24.3 Å². The molecule has 2 aromatic rings. The van der Waals surface area contributed by atoms with E-state index in [4.69, 9.17) is 16.0 Å². The van der Waals surface area contributed by atoms with Crippen LogP contribution in [0.25, 0.3) is 0 Å². The van der Waals surface area contributed by atoms with Crippen LogP contribution >= 0.6 is 11.6 Å². The van der Waals surface area contributed by atoms with Crippen molar-refractivity contribution in [3.05, 3.63) is 52.9 Å². The first kappa shape index (κ1) is 13.7. The lowest BCUT2D eigenvalue weighted by Gasteiger charge is -2.19. The molecule has 19 heavy (non-hydrogen) atoms. The molecule has 0 unspecified atom stereocenters. The minimum Gasteiger partial charge on any atom is -0.440 e. The predicted octanol–water partition coefficient (Wildman–Crippen LogP) is 4.48.